The molecule has 408 valence electrons. The van der Waals surface area contributed by atoms with Gasteiger partial charge in [0.15, 0.2) is 0 Å². The summed E-state index contributed by atoms with van der Waals surface area (Å²) in [5, 5.41) is 0. The number of nitrogens with zero attached hydrogens (tertiary/aromatic N) is 4. The average Bonchev–Trinajstić information content (AvgIpc) is 3.55. The van der Waals surface area contributed by atoms with Gasteiger partial charge in [-0.05, 0) is 197 Å². The first kappa shape index (κ1) is 53.3. The van der Waals surface area contributed by atoms with Crippen LogP contribution in [0.2, 0.25) is 0 Å². The van der Waals surface area contributed by atoms with E-state index >= 15 is 0 Å². The molecule has 6 atom stereocenters. The van der Waals surface area contributed by atoms with Crippen molar-refractivity contribution in [2.24, 2.45) is 17.3 Å². The lowest BCUT2D eigenvalue weighted by atomic mass is 9.77. The van der Waals surface area contributed by atoms with Crippen molar-refractivity contribution >= 4 is 11.3 Å². The Morgan fingerprint density at radius 3 is 1.56 bits per heavy atom. The maximum absolute atomic E-state index is 2.70. The SMILES string of the molecule is CC(C)(C)C1C=CC(N(C2=CC=C(C3=CC=C(N(C4=CCC(C5=CCC(N(C6=CC=CCC6)C6C=CC=CC6)C=C5)C=C4)C4C=CC=CC4)CC3)CC2)C2C=CC(c3ccc(N(C4=CCCC=C4)C4=CC=CCC4)cc3)=CC2)=CC1. The fraction of sp³-hybridized carbons (Fsp3) is 0.342. The minimum Gasteiger partial charge on any atom is -0.361 e. The number of hydrogen-bond acceptors (Lipinski definition) is 4. The molecular formula is C76H84N4. The lowest BCUT2D eigenvalue weighted by Gasteiger charge is -2.41. The van der Waals surface area contributed by atoms with Crippen LogP contribution in [0.25, 0.3) is 5.57 Å². The number of hydrogen-bond donors (Lipinski definition) is 0. The Balaban J connectivity index is 0.736. The molecule has 0 amide bonds. The van der Waals surface area contributed by atoms with Crippen molar-refractivity contribution in [3.05, 3.63) is 287 Å². The first-order valence-electron chi connectivity index (χ1n) is 30.7. The summed E-state index contributed by atoms with van der Waals surface area (Å²) in [5.41, 5.74) is 18.2. The van der Waals surface area contributed by atoms with Gasteiger partial charge in [0.1, 0.15) is 0 Å². The molecule has 0 bridgehead atoms. The summed E-state index contributed by atoms with van der Waals surface area (Å²) in [5.74, 6) is 0.940. The van der Waals surface area contributed by atoms with E-state index < -0.39 is 0 Å². The Morgan fingerprint density at radius 1 is 0.400 bits per heavy atom. The Hall–Kier alpha value is -7.30. The third kappa shape index (κ3) is 12.1. The highest BCUT2D eigenvalue weighted by molar-refractivity contribution is 5.77. The maximum Gasteiger partial charge on any atom is 0.0557 e. The number of benzene rings is 1. The number of anilines is 1. The second kappa shape index (κ2) is 24.6. The zero-order valence-corrected chi connectivity index (χ0v) is 47.9. The molecule has 11 aliphatic carbocycles. The summed E-state index contributed by atoms with van der Waals surface area (Å²) in [6.07, 6.45) is 95.5. The van der Waals surface area contributed by atoms with Gasteiger partial charge in [-0.3, -0.25) is 0 Å². The zero-order valence-electron chi connectivity index (χ0n) is 47.9. The van der Waals surface area contributed by atoms with Gasteiger partial charge in [0, 0.05) is 51.5 Å². The van der Waals surface area contributed by atoms with Crippen LogP contribution in [-0.2, 0) is 0 Å². The fourth-order valence-electron chi connectivity index (χ4n) is 13.8. The van der Waals surface area contributed by atoms with Crippen molar-refractivity contribution in [2.75, 3.05) is 4.90 Å². The summed E-state index contributed by atoms with van der Waals surface area (Å²) in [7, 11) is 0. The highest BCUT2D eigenvalue weighted by Gasteiger charge is 2.32. The van der Waals surface area contributed by atoms with Crippen LogP contribution in [-0.4, -0.2) is 38.9 Å². The number of allylic oxidation sites excluding steroid dienone is 33. The summed E-state index contributed by atoms with van der Waals surface area (Å²) < 4.78 is 0. The van der Waals surface area contributed by atoms with E-state index in [0.717, 1.165) is 103 Å². The molecule has 0 saturated heterocycles. The Kier molecular flexibility index (Phi) is 16.4. The predicted molar refractivity (Wildman–Crippen MR) is 339 cm³/mol. The summed E-state index contributed by atoms with van der Waals surface area (Å²) in [6, 6.07) is 10.7. The second-order valence-corrected chi connectivity index (χ2v) is 24.5. The van der Waals surface area contributed by atoms with Gasteiger partial charge in [0.2, 0.25) is 0 Å². The van der Waals surface area contributed by atoms with E-state index in [4.69, 9.17) is 0 Å². The molecular weight excluding hydrogens is 969 g/mol. The van der Waals surface area contributed by atoms with Crippen molar-refractivity contribution in [2.45, 2.75) is 148 Å². The molecule has 6 unspecified atom stereocenters. The molecule has 0 N–H and O–H groups in total. The molecule has 1 aromatic rings. The van der Waals surface area contributed by atoms with Gasteiger partial charge in [0.05, 0.1) is 24.2 Å². The Labute approximate surface area is 480 Å². The summed E-state index contributed by atoms with van der Waals surface area (Å²) in [6.45, 7) is 7.13. The van der Waals surface area contributed by atoms with Crippen LogP contribution < -0.4 is 4.90 Å². The Morgan fingerprint density at radius 2 is 1.04 bits per heavy atom. The zero-order chi connectivity index (χ0) is 54.3. The molecule has 0 saturated carbocycles. The average molecular weight is 1050 g/mol. The normalized spacial score (nSPS) is 26.9. The quantitative estimate of drug-likeness (QED) is 0.174. The van der Waals surface area contributed by atoms with E-state index in [1.54, 1.807) is 0 Å². The van der Waals surface area contributed by atoms with Gasteiger partial charge in [-0.1, -0.05) is 191 Å². The Bertz CT molecular complexity index is 3230. The fourth-order valence-corrected chi connectivity index (χ4v) is 13.8. The highest BCUT2D eigenvalue weighted by Crippen LogP contribution is 2.42. The second-order valence-electron chi connectivity index (χ2n) is 24.5. The standard InChI is InChI=1S/C76H84N4/c1-76(2,3)63-41-55-75(56-42-63)80(73-51-37-61(38-52-73)58-31-45-70(46-32-58)78(66-23-13-6-14-24-66)67-25-15-7-16-26-67)74-53-39-62(40-54-74)60-35-49-72(50-36-60)79(68-27-17-8-18-28-68)71-47-33-59(34-48-71)57-29-43-69(44-30-57)77(64-19-9-4-10-20-64)65-21-11-5-12-22-65/h4-6,8-11,13,15,17-19,21,23,25-27,29-33,35,37-39,41,43,45-49,51,53,55-56,59,63-64,68-69,73H,7,12,14,16,20,22,24,28,34,36,40,42,44,50,52,54H2,1-3H3. The number of rotatable bonds is 15. The molecule has 0 spiro atoms. The van der Waals surface area contributed by atoms with E-state index in [0.29, 0.717) is 30.0 Å². The maximum atomic E-state index is 2.70. The van der Waals surface area contributed by atoms with Gasteiger partial charge >= 0.3 is 0 Å². The van der Waals surface area contributed by atoms with Gasteiger partial charge < -0.3 is 19.6 Å². The van der Waals surface area contributed by atoms with Gasteiger partial charge in [-0.15, -0.1) is 0 Å². The third-order valence-electron chi connectivity index (χ3n) is 18.3. The van der Waals surface area contributed by atoms with Crippen LogP contribution in [0, 0.1) is 17.3 Å². The minimum atomic E-state index is 0.235. The van der Waals surface area contributed by atoms with Crippen molar-refractivity contribution in [3.63, 3.8) is 0 Å². The molecule has 0 aliphatic heterocycles. The smallest absolute Gasteiger partial charge is 0.0557 e. The first-order chi connectivity index (χ1) is 39.3. The molecule has 1 aromatic carbocycles. The first-order valence-corrected chi connectivity index (χ1v) is 30.7. The molecule has 80 heavy (non-hydrogen) atoms. The van der Waals surface area contributed by atoms with Crippen molar-refractivity contribution < 1.29 is 0 Å². The third-order valence-corrected chi connectivity index (χ3v) is 18.3. The molecule has 0 aromatic heterocycles. The molecule has 0 fully saturated rings. The molecule has 4 nitrogen and oxygen atoms in total. The van der Waals surface area contributed by atoms with Crippen LogP contribution in [0.5, 0.6) is 0 Å². The van der Waals surface area contributed by atoms with E-state index in [-0.39, 0.29) is 11.5 Å². The van der Waals surface area contributed by atoms with E-state index in [1.807, 2.05) is 0 Å². The van der Waals surface area contributed by atoms with E-state index in [1.165, 1.54) is 73.4 Å². The lowest BCUT2D eigenvalue weighted by Crippen LogP contribution is -2.41. The van der Waals surface area contributed by atoms with Crippen molar-refractivity contribution in [1.29, 1.82) is 0 Å². The minimum absolute atomic E-state index is 0.235. The van der Waals surface area contributed by atoms with E-state index in [9.17, 15) is 0 Å². The molecule has 4 heteroatoms. The van der Waals surface area contributed by atoms with Crippen LogP contribution in [0.1, 0.15) is 129 Å². The van der Waals surface area contributed by atoms with Crippen LogP contribution in [0.15, 0.2) is 281 Å². The molecule has 0 heterocycles. The van der Waals surface area contributed by atoms with Crippen molar-refractivity contribution in [3.8, 4) is 0 Å². The van der Waals surface area contributed by atoms with Crippen molar-refractivity contribution in [1.82, 2.24) is 14.7 Å². The molecule has 11 aliphatic rings. The largest absolute Gasteiger partial charge is 0.361 e. The van der Waals surface area contributed by atoms with Crippen LogP contribution >= 0.6 is 0 Å². The summed E-state index contributed by atoms with van der Waals surface area (Å²) in [4.78, 5) is 10.5. The lowest BCUT2D eigenvalue weighted by molar-refractivity contribution is 0.236. The predicted octanol–water partition coefficient (Wildman–Crippen LogP) is 19.0. The molecule has 0 radical (unpaired) electrons. The van der Waals surface area contributed by atoms with Gasteiger partial charge in [-0.2, -0.15) is 0 Å². The van der Waals surface area contributed by atoms with Gasteiger partial charge in [0.25, 0.3) is 0 Å². The highest BCUT2D eigenvalue weighted by atomic mass is 15.2. The van der Waals surface area contributed by atoms with Crippen LogP contribution in [0.4, 0.5) is 5.69 Å². The molecule has 12 rings (SSSR count). The van der Waals surface area contributed by atoms with Gasteiger partial charge in [-0.25, -0.2) is 0 Å². The summed E-state index contributed by atoms with van der Waals surface area (Å²) >= 11 is 0. The monoisotopic (exact) mass is 1050 g/mol. The van der Waals surface area contributed by atoms with Crippen LogP contribution in [0.3, 0.4) is 0 Å². The van der Waals surface area contributed by atoms with E-state index in [2.05, 4.69) is 265 Å². The topological polar surface area (TPSA) is 13.0 Å².